The van der Waals surface area contributed by atoms with E-state index in [0.717, 1.165) is 11.3 Å². The van der Waals surface area contributed by atoms with Crippen molar-refractivity contribution in [3.63, 3.8) is 0 Å². The molecule has 0 saturated carbocycles. The number of furan rings is 1. The van der Waals surface area contributed by atoms with Crippen LogP contribution in [-0.2, 0) is 22.6 Å². The number of carbonyl (C=O) groups excluding carboxylic acids is 2. The predicted molar refractivity (Wildman–Crippen MR) is 118 cm³/mol. The van der Waals surface area contributed by atoms with Crippen LogP contribution in [0.15, 0.2) is 77.2 Å². The molecule has 0 bridgehead atoms. The molecule has 162 valence electrons. The van der Waals surface area contributed by atoms with Crippen molar-refractivity contribution in [3.05, 3.63) is 95.4 Å². The van der Waals surface area contributed by atoms with E-state index in [0.29, 0.717) is 37.6 Å². The van der Waals surface area contributed by atoms with E-state index in [1.54, 1.807) is 24.1 Å². The first kappa shape index (κ1) is 22.3. The lowest BCUT2D eigenvalue weighted by molar-refractivity contribution is -0.133. The fourth-order valence-corrected chi connectivity index (χ4v) is 3.27. The Labute approximate surface area is 183 Å². The Morgan fingerprint density at radius 2 is 1.55 bits per heavy atom. The van der Waals surface area contributed by atoms with Gasteiger partial charge in [-0.2, -0.15) is 0 Å². The monoisotopic (exact) mass is 420 g/mol. The van der Waals surface area contributed by atoms with Gasteiger partial charge in [0, 0.05) is 25.8 Å². The highest BCUT2D eigenvalue weighted by molar-refractivity contribution is 5.96. The normalized spacial score (nSPS) is 10.6. The molecular formula is C25H28N2O4. The van der Waals surface area contributed by atoms with E-state index in [2.05, 4.69) is 0 Å². The first-order valence-corrected chi connectivity index (χ1v) is 10.3. The van der Waals surface area contributed by atoms with Crippen LogP contribution in [0, 0.1) is 6.92 Å². The lowest BCUT2D eigenvalue weighted by Crippen LogP contribution is -2.43. The average molecular weight is 421 g/mol. The van der Waals surface area contributed by atoms with E-state index >= 15 is 0 Å². The lowest BCUT2D eigenvalue weighted by Gasteiger charge is -2.27. The molecule has 3 rings (SSSR count). The van der Waals surface area contributed by atoms with Crippen molar-refractivity contribution in [3.8, 4) is 0 Å². The van der Waals surface area contributed by atoms with Gasteiger partial charge in [0.25, 0.3) is 5.91 Å². The van der Waals surface area contributed by atoms with Crippen LogP contribution in [0.25, 0.3) is 0 Å². The third-order valence-electron chi connectivity index (χ3n) is 4.91. The van der Waals surface area contributed by atoms with Crippen LogP contribution in [0.2, 0.25) is 0 Å². The summed E-state index contributed by atoms with van der Waals surface area (Å²) in [6, 6.07) is 22.5. The molecule has 0 saturated heterocycles. The highest BCUT2D eigenvalue weighted by atomic mass is 16.5. The van der Waals surface area contributed by atoms with Crippen LogP contribution in [0.3, 0.4) is 0 Å². The van der Waals surface area contributed by atoms with Gasteiger partial charge in [0.1, 0.15) is 18.1 Å². The largest absolute Gasteiger partial charge is 0.464 e. The molecule has 0 spiro atoms. The van der Waals surface area contributed by atoms with Crippen molar-refractivity contribution in [1.82, 2.24) is 9.80 Å². The first-order valence-electron chi connectivity index (χ1n) is 10.3. The summed E-state index contributed by atoms with van der Waals surface area (Å²) in [4.78, 5) is 29.6. The molecule has 0 atom stereocenters. The number of nitrogens with zero attached hydrogens (tertiary/aromatic N) is 2. The molecule has 2 amide bonds. The Kier molecular flexibility index (Phi) is 8.01. The van der Waals surface area contributed by atoms with Gasteiger partial charge in [-0.05, 0) is 36.8 Å². The van der Waals surface area contributed by atoms with Gasteiger partial charge in [-0.15, -0.1) is 0 Å². The van der Waals surface area contributed by atoms with Crippen molar-refractivity contribution in [1.29, 1.82) is 0 Å². The van der Waals surface area contributed by atoms with Gasteiger partial charge in [0.15, 0.2) is 0 Å². The molecule has 0 aliphatic carbocycles. The van der Waals surface area contributed by atoms with E-state index in [-0.39, 0.29) is 18.4 Å². The molecule has 0 aliphatic heterocycles. The number of benzene rings is 2. The smallest absolute Gasteiger partial charge is 0.254 e. The zero-order valence-corrected chi connectivity index (χ0v) is 18.0. The summed E-state index contributed by atoms with van der Waals surface area (Å²) >= 11 is 0. The molecule has 1 heterocycles. The molecule has 2 aromatic carbocycles. The van der Waals surface area contributed by atoms with E-state index in [1.807, 2.05) is 67.6 Å². The standard InChI is InChI=1S/C25H28N2O4/c1-20-13-14-23(31-20)18-27(17-21-9-5-3-6-10-21)24(28)19-26(15-16-30-2)25(29)22-11-7-4-8-12-22/h3-14H,15-19H2,1-2H3. The lowest BCUT2D eigenvalue weighted by atomic mass is 10.2. The summed E-state index contributed by atoms with van der Waals surface area (Å²) in [5.41, 5.74) is 1.56. The Morgan fingerprint density at radius 3 is 2.16 bits per heavy atom. The summed E-state index contributed by atoms with van der Waals surface area (Å²) in [5, 5.41) is 0. The van der Waals surface area contributed by atoms with Gasteiger partial charge < -0.3 is 19.0 Å². The summed E-state index contributed by atoms with van der Waals surface area (Å²) in [6.07, 6.45) is 0. The fourth-order valence-electron chi connectivity index (χ4n) is 3.27. The second kappa shape index (κ2) is 11.1. The Bertz CT molecular complexity index is 969. The number of hydrogen-bond donors (Lipinski definition) is 0. The van der Waals surface area contributed by atoms with Crippen LogP contribution in [0.4, 0.5) is 0 Å². The van der Waals surface area contributed by atoms with Crippen molar-refractivity contribution >= 4 is 11.8 Å². The van der Waals surface area contributed by atoms with Gasteiger partial charge in [-0.1, -0.05) is 48.5 Å². The summed E-state index contributed by atoms with van der Waals surface area (Å²) < 4.78 is 10.9. The van der Waals surface area contributed by atoms with Crippen molar-refractivity contribution < 1.29 is 18.7 Å². The molecule has 0 aliphatic rings. The maximum Gasteiger partial charge on any atom is 0.254 e. The highest BCUT2D eigenvalue weighted by Gasteiger charge is 2.23. The summed E-state index contributed by atoms with van der Waals surface area (Å²) in [5.74, 6) is 1.15. The zero-order chi connectivity index (χ0) is 22.1. The number of carbonyl (C=O) groups is 2. The molecule has 0 fully saturated rings. The molecule has 31 heavy (non-hydrogen) atoms. The van der Waals surface area contributed by atoms with Crippen LogP contribution in [0.1, 0.15) is 27.4 Å². The molecule has 6 heteroatoms. The number of ether oxygens (including phenoxy) is 1. The van der Waals surface area contributed by atoms with Crippen LogP contribution >= 0.6 is 0 Å². The number of aryl methyl sites for hydroxylation is 1. The molecular weight excluding hydrogens is 392 g/mol. The minimum absolute atomic E-state index is 0.0381. The minimum atomic E-state index is -0.195. The van der Waals surface area contributed by atoms with Gasteiger partial charge >= 0.3 is 0 Å². The molecule has 0 N–H and O–H groups in total. The summed E-state index contributed by atoms with van der Waals surface area (Å²) in [6.45, 7) is 3.27. The van der Waals surface area contributed by atoms with Gasteiger partial charge in [0.05, 0.1) is 13.2 Å². The second-order valence-electron chi connectivity index (χ2n) is 7.33. The highest BCUT2D eigenvalue weighted by Crippen LogP contribution is 2.14. The Hall–Kier alpha value is -3.38. The Morgan fingerprint density at radius 1 is 0.871 bits per heavy atom. The molecule has 6 nitrogen and oxygen atoms in total. The maximum atomic E-state index is 13.3. The van der Waals surface area contributed by atoms with E-state index in [1.165, 1.54) is 4.90 Å². The zero-order valence-electron chi connectivity index (χ0n) is 18.0. The van der Waals surface area contributed by atoms with Gasteiger partial charge in [-0.3, -0.25) is 9.59 Å². The molecule has 0 unspecified atom stereocenters. The van der Waals surface area contributed by atoms with Gasteiger partial charge in [-0.25, -0.2) is 0 Å². The van der Waals surface area contributed by atoms with Crippen molar-refractivity contribution in [2.24, 2.45) is 0 Å². The van der Waals surface area contributed by atoms with E-state index in [4.69, 9.17) is 9.15 Å². The number of methoxy groups -OCH3 is 1. The number of rotatable bonds is 10. The van der Waals surface area contributed by atoms with E-state index in [9.17, 15) is 9.59 Å². The van der Waals surface area contributed by atoms with Crippen molar-refractivity contribution in [2.75, 3.05) is 26.8 Å². The predicted octanol–water partition coefficient (Wildman–Crippen LogP) is 3.91. The van der Waals surface area contributed by atoms with Crippen LogP contribution in [0.5, 0.6) is 0 Å². The van der Waals surface area contributed by atoms with Crippen molar-refractivity contribution in [2.45, 2.75) is 20.0 Å². The topological polar surface area (TPSA) is 63.0 Å². The molecule has 0 radical (unpaired) electrons. The third-order valence-corrected chi connectivity index (χ3v) is 4.91. The Balaban J connectivity index is 1.78. The van der Waals surface area contributed by atoms with Crippen LogP contribution in [-0.4, -0.2) is 48.4 Å². The minimum Gasteiger partial charge on any atom is -0.464 e. The number of hydrogen-bond acceptors (Lipinski definition) is 4. The second-order valence-corrected chi connectivity index (χ2v) is 7.33. The maximum absolute atomic E-state index is 13.3. The average Bonchev–Trinajstić information content (AvgIpc) is 3.21. The molecule has 1 aromatic heterocycles. The first-order chi connectivity index (χ1) is 15.1. The quantitative estimate of drug-likeness (QED) is 0.499. The summed E-state index contributed by atoms with van der Waals surface area (Å²) in [7, 11) is 1.58. The fraction of sp³-hybridized carbons (Fsp3) is 0.280. The SMILES string of the molecule is COCCN(CC(=O)N(Cc1ccccc1)Cc1ccc(C)o1)C(=O)c1ccccc1. The van der Waals surface area contributed by atoms with Gasteiger partial charge in [0.2, 0.25) is 5.91 Å². The third kappa shape index (κ3) is 6.55. The van der Waals surface area contributed by atoms with E-state index < -0.39 is 0 Å². The molecule has 3 aromatic rings. The van der Waals surface area contributed by atoms with Crippen LogP contribution < -0.4 is 0 Å². The number of amides is 2.